The maximum absolute atomic E-state index is 10.3. The van der Waals surface area contributed by atoms with Crippen molar-refractivity contribution in [2.75, 3.05) is 0 Å². The van der Waals surface area contributed by atoms with Gasteiger partial charge in [-0.15, -0.1) is 0 Å². The summed E-state index contributed by atoms with van der Waals surface area (Å²) in [4.78, 5) is 0. The third kappa shape index (κ3) is 4.96. The van der Waals surface area contributed by atoms with E-state index in [2.05, 4.69) is 0 Å². The highest BCUT2D eigenvalue weighted by Crippen LogP contribution is 2.46. The van der Waals surface area contributed by atoms with Crippen LogP contribution in [-0.2, 0) is 0 Å². The molecule has 0 fully saturated rings. The van der Waals surface area contributed by atoms with Crippen LogP contribution in [-0.4, -0.2) is 0 Å². The van der Waals surface area contributed by atoms with Crippen LogP contribution < -0.4 is 0 Å². The van der Waals surface area contributed by atoms with Crippen LogP contribution in [0.2, 0.25) is 0 Å². The normalized spacial score (nSPS) is 20.7. The van der Waals surface area contributed by atoms with Gasteiger partial charge >= 0.3 is 0 Å². The van der Waals surface area contributed by atoms with E-state index in [1.807, 2.05) is 0 Å². The molecule has 0 spiro atoms. The Bertz CT molecular complexity index is 4240. The van der Waals surface area contributed by atoms with Crippen molar-refractivity contribution in [2.45, 2.75) is 0 Å². The summed E-state index contributed by atoms with van der Waals surface area (Å²) in [6, 6.07) is -34.4. The molecule has 0 saturated heterocycles. The molecule has 224 valence electrons. The summed E-state index contributed by atoms with van der Waals surface area (Å²) in [7, 11) is 0. The van der Waals surface area contributed by atoms with E-state index < -0.39 is 281 Å². The maximum Gasteiger partial charge on any atom is 0.0636 e. The second-order valence-corrected chi connectivity index (χ2v) is 10.0. The molecule has 0 nitrogen and oxygen atoms in total. The van der Waals surface area contributed by atoms with Gasteiger partial charge in [0.05, 0.1) is 43.9 Å². The van der Waals surface area contributed by atoms with Gasteiger partial charge in [-0.2, -0.15) is 0 Å². The molecule has 48 heavy (non-hydrogen) atoms. The van der Waals surface area contributed by atoms with E-state index in [1.54, 1.807) is 0 Å². The van der Waals surface area contributed by atoms with Gasteiger partial charge in [0.2, 0.25) is 0 Å². The molecule has 0 atom stereocenters. The van der Waals surface area contributed by atoms with Crippen molar-refractivity contribution in [2.24, 2.45) is 0 Å². The Labute approximate surface area is 326 Å². The largest absolute Gasteiger partial charge is 0.0636 e. The van der Waals surface area contributed by atoms with E-state index in [9.17, 15) is 13.7 Å². The van der Waals surface area contributed by atoms with Gasteiger partial charge < -0.3 is 0 Å². The fraction of sp³-hybridized carbons (Fsp3) is 0. The SMILES string of the molecule is [2H]c1c([2H])c([2H])c(-c2c([2H])c(-c3c([2H])c([2H])c([2H])c([2H])c3[2H])c([2H])c(-c3c4c([2H])c([2H])c([2H])c([2H])c4c(-c4c([2H])c([2H])c([2H])c([2H])c4[2H])c4c([2H])c([2H])c(-c5c([2H])c([2H])c6c([2H])c([2H])c([2H])c([2H])c6c5[2H])c([2H])c34)c2[2H])c([2H])c1[2H]. The second-order valence-electron chi connectivity index (χ2n) is 10.0. The summed E-state index contributed by atoms with van der Waals surface area (Å²) in [5.74, 6) is 0. The van der Waals surface area contributed by atoms with Crippen LogP contribution in [0.25, 0.3) is 88.0 Å². The Hall–Kier alpha value is -6.24. The van der Waals surface area contributed by atoms with E-state index in [0.717, 1.165) is 0 Å². The number of fused-ring (bicyclic) bond motifs is 3. The Kier molecular flexibility index (Phi) is 2.56. The van der Waals surface area contributed by atoms with E-state index in [-0.39, 0.29) is 0 Å². The molecule has 0 radical (unpaired) electrons. The molecular formula is C48H32. The molecule has 0 aliphatic rings. The third-order valence-corrected chi connectivity index (χ3v) is 7.25. The number of hydrogen-bond donors (Lipinski definition) is 0. The van der Waals surface area contributed by atoms with Crippen LogP contribution in [0.3, 0.4) is 0 Å². The van der Waals surface area contributed by atoms with Gasteiger partial charge in [0.25, 0.3) is 0 Å². The minimum atomic E-state index is -1.26. The second kappa shape index (κ2) is 11.8. The summed E-state index contributed by atoms with van der Waals surface area (Å²) in [5, 5.41) is -5.16. The van der Waals surface area contributed by atoms with Gasteiger partial charge in [-0.25, -0.2) is 0 Å². The standard InChI is InChI=1S/C48H32/c1-4-14-33(15-5-1)40-29-41(34-16-6-2-7-17-34)31-42(30-40)48-44-23-13-12-22-43(44)47(36-19-8-3-9-20-36)45-27-26-39(32-46(45)48)38-25-24-35-18-10-11-21-37(35)28-38/h1-32H/i1D,2D,3D,4D,5D,6D,7D,8D,9D,10D,11D,12D,13D,14D,15D,16D,17D,18D,19D,20D,21D,22D,23D,24D,25D,26D,27D,28D,29D,30D,31D,32D. The zero-order chi connectivity index (χ0) is 59.7. The lowest BCUT2D eigenvalue weighted by Crippen LogP contribution is -1.93. The molecule has 0 unspecified atom stereocenters. The first kappa shape index (κ1) is 10.4. The Morgan fingerprint density at radius 1 is 0.229 bits per heavy atom. The molecule has 0 aliphatic carbocycles. The monoisotopic (exact) mass is 640 g/mol. The van der Waals surface area contributed by atoms with Crippen molar-refractivity contribution in [1.82, 2.24) is 0 Å². The zero-order valence-electron chi connectivity index (χ0n) is 56.0. The van der Waals surface area contributed by atoms with Crippen LogP contribution >= 0.6 is 0 Å². The van der Waals surface area contributed by atoms with Crippen molar-refractivity contribution in [3.63, 3.8) is 0 Å². The topological polar surface area (TPSA) is 0 Å². The molecule has 9 aromatic rings. The highest BCUT2D eigenvalue weighted by molar-refractivity contribution is 6.22. The fourth-order valence-electron chi connectivity index (χ4n) is 5.22. The lowest BCUT2D eigenvalue weighted by atomic mass is 9.83. The van der Waals surface area contributed by atoms with Gasteiger partial charge in [-0.05, 0) is 118 Å². The van der Waals surface area contributed by atoms with Gasteiger partial charge in [0.15, 0.2) is 0 Å². The van der Waals surface area contributed by atoms with Gasteiger partial charge in [0, 0.05) is 0 Å². The average Bonchev–Trinajstić information content (AvgIpc) is 2.57. The molecule has 0 bridgehead atoms. The molecule has 9 rings (SSSR count). The van der Waals surface area contributed by atoms with E-state index in [1.165, 1.54) is 0 Å². The van der Waals surface area contributed by atoms with Crippen LogP contribution in [0.1, 0.15) is 43.9 Å². The predicted octanol–water partition coefficient (Wildman–Crippen LogP) is 13.5. The molecule has 0 N–H and O–H groups in total. The van der Waals surface area contributed by atoms with E-state index in [4.69, 9.17) is 30.2 Å². The van der Waals surface area contributed by atoms with Crippen LogP contribution in [0, 0.1) is 0 Å². The van der Waals surface area contributed by atoms with Crippen LogP contribution in [0.5, 0.6) is 0 Å². The van der Waals surface area contributed by atoms with Crippen molar-refractivity contribution in [1.29, 1.82) is 0 Å². The van der Waals surface area contributed by atoms with Gasteiger partial charge in [-0.3, -0.25) is 0 Å². The lowest BCUT2D eigenvalue weighted by Gasteiger charge is -2.20. The van der Waals surface area contributed by atoms with Crippen LogP contribution in [0.15, 0.2) is 193 Å². The van der Waals surface area contributed by atoms with Crippen molar-refractivity contribution >= 4 is 32.3 Å². The first-order valence-corrected chi connectivity index (χ1v) is 14.0. The molecule has 0 saturated carbocycles. The van der Waals surface area contributed by atoms with Crippen molar-refractivity contribution in [3.8, 4) is 55.6 Å². The van der Waals surface area contributed by atoms with E-state index in [0.29, 0.717) is 0 Å². The predicted molar refractivity (Wildman–Crippen MR) is 206 cm³/mol. The minimum Gasteiger partial charge on any atom is -0.0622 e. The summed E-state index contributed by atoms with van der Waals surface area (Å²) in [5.41, 5.74) is -9.93. The van der Waals surface area contributed by atoms with Crippen LogP contribution in [0.4, 0.5) is 0 Å². The third-order valence-electron chi connectivity index (χ3n) is 7.25. The maximum atomic E-state index is 10.3. The van der Waals surface area contributed by atoms with Crippen molar-refractivity contribution in [3.05, 3.63) is 193 Å². The summed E-state index contributed by atoms with van der Waals surface area (Å²) in [6.07, 6.45) is 0. The fourth-order valence-corrected chi connectivity index (χ4v) is 5.22. The quantitative estimate of drug-likeness (QED) is 0.164. The first-order valence-electron chi connectivity index (χ1n) is 30.0. The summed E-state index contributed by atoms with van der Waals surface area (Å²) in [6.45, 7) is 0. The van der Waals surface area contributed by atoms with Gasteiger partial charge in [0.1, 0.15) is 0 Å². The number of benzene rings is 9. The molecule has 0 aromatic heterocycles. The Morgan fingerprint density at radius 3 is 1.29 bits per heavy atom. The molecule has 9 aromatic carbocycles. The van der Waals surface area contributed by atoms with Gasteiger partial charge in [-0.1, -0.05) is 163 Å². The first-order chi connectivity index (χ1) is 37.1. The molecule has 0 heterocycles. The smallest absolute Gasteiger partial charge is 0.0622 e. The lowest BCUT2D eigenvalue weighted by molar-refractivity contribution is 1.58. The van der Waals surface area contributed by atoms with Crippen molar-refractivity contribution < 1.29 is 43.9 Å². The summed E-state index contributed by atoms with van der Waals surface area (Å²) < 4.78 is 290. The van der Waals surface area contributed by atoms with E-state index >= 15 is 0 Å². The average molecular weight is 641 g/mol. The Morgan fingerprint density at radius 2 is 0.667 bits per heavy atom. The minimum absolute atomic E-state index is 0.653. The number of hydrogen-bond acceptors (Lipinski definition) is 0. The molecule has 0 heteroatoms. The molecule has 0 aliphatic heterocycles. The zero-order valence-corrected chi connectivity index (χ0v) is 24.0. The Balaban J connectivity index is 1.73. The number of rotatable bonds is 5. The molecule has 0 amide bonds. The molecular weight excluding hydrogens is 577 g/mol. The highest BCUT2D eigenvalue weighted by atomic mass is 14.2. The highest BCUT2D eigenvalue weighted by Gasteiger charge is 2.19. The summed E-state index contributed by atoms with van der Waals surface area (Å²) >= 11 is 0.